The Morgan fingerprint density at radius 3 is 2.16 bits per heavy atom. The number of methoxy groups -OCH3 is 1. The van der Waals surface area contributed by atoms with E-state index in [4.69, 9.17) is 19.2 Å². The fourth-order valence-corrected chi connectivity index (χ4v) is 4.86. The fraction of sp³-hybridized carbons (Fsp3) is 0.524. The van der Waals surface area contributed by atoms with Gasteiger partial charge in [0.15, 0.2) is 5.60 Å². The molecule has 2 saturated heterocycles. The Labute approximate surface area is 148 Å². The summed E-state index contributed by atoms with van der Waals surface area (Å²) >= 11 is 0. The second-order valence-corrected chi connectivity index (χ2v) is 8.79. The van der Waals surface area contributed by atoms with E-state index < -0.39 is 11.4 Å². The van der Waals surface area contributed by atoms with E-state index in [1.807, 2.05) is 18.2 Å². The molecule has 0 aliphatic carbocycles. The second kappa shape index (κ2) is 4.97. The SMILES string of the molecule is COc1cc2ccccc2cc1C12OCC(C)(C)C1(C(C)(C)C)OO2. The van der Waals surface area contributed by atoms with E-state index in [1.54, 1.807) is 7.11 Å². The first-order valence-corrected chi connectivity index (χ1v) is 8.77. The smallest absolute Gasteiger partial charge is 0.265 e. The average Bonchev–Trinajstić information content (AvgIpc) is 2.68. The van der Waals surface area contributed by atoms with E-state index in [0.29, 0.717) is 6.61 Å². The summed E-state index contributed by atoms with van der Waals surface area (Å²) in [4.78, 5) is 11.7. The summed E-state index contributed by atoms with van der Waals surface area (Å²) in [5.41, 5.74) is -0.120. The minimum Gasteiger partial charge on any atom is -0.496 e. The maximum absolute atomic E-state index is 6.33. The van der Waals surface area contributed by atoms with Crippen LogP contribution in [0.1, 0.15) is 40.2 Å². The summed E-state index contributed by atoms with van der Waals surface area (Å²) in [5.74, 6) is -0.210. The third-order valence-electron chi connectivity index (χ3n) is 5.82. The summed E-state index contributed by atoms with van der Waals surface area (Å²) in [6.07, 6.45) is 0. The van der Waals surface area contributed by atoms with Crippen molar-refractivity contribution in [3.05, 3.63) is 42.0 Å². The Morgan fingerprint density at radius 1 is 1.00 bits per heavy atom. The summed E-state index contributed by atoms with van der Waals surface area (Å²) < 4.78 is 12.1. The van der Waals surface area contributed by atoms with Crippen LogP contribution < -0.4 is 4.74 Å². The Balaban J connectivity index is 1.99. The molecule has 2 aliphatic heterocycles. The monoisotopic (exact) mass is 342 g/mol. The highest BCUT2D eigenvalue weighted by Gasteiger charge is 2.81. The predicted molar refractivity (Wildman–Crippen MR) is 96.3 cm³/mol. The van der Waals surface area contributed by atoms with Gasteiger partial charge in [0.25, 0.3) is 5.79 Å². The van der Waals surface area contributed by atoms with E-state index in [0.717, 1.165) is 22.1 Å². The lowest BCUT2D eigenvalue weighted by Crippen LogP contribution is -2.73. The maximum atomic E-state index is 6.33. The van der Waals surface area contributed by atoms with Crippen molar-refractivity contribution < 1.29 is 19.2 Å². The van der Waals surface area contributed by atoms with Gasteiger partial charge in [0.05, 0.1) is 19.3 Å². The Bertz CT molecular complexity index is 835. The zero-order chi connectivity index (χ0) is 18.1. The van der Waals surface area contributed by atoms with Gasteiger partial charge in [-0.2, -0.15) is 4.89 Å². The Kier molecular flexibility index (Phi) is 3.34. The number of fused-ring (bicyclic) bond motifs is 2. The van der Waals surface area contributed by atoms with Gasteiger partial charge in [-0.15, -0.1) is 0 Å². The topological polar surface area (TPSA) is 36.9 Å². The van der Waals surface area contributed by atoms with Gasteiger partial charge in [-0.3, -0.25) is 0 Å². The van der Waals surface area contributed by atoms with Crippen LogP contribution in [0.3, 0.4) is 0 Å². The molecule has 2 atom stereocenters. The molecule has 0 spiro atoms. The number of benzene rings is 2. The number of hydrogen-bond acceptors (Lipinski definition) is 4. The molecule has 25 heavy (non-hydrogen) atoms. The summed E-state index contributed by atoms with van der Waals surface area (Å²) in [7, 11) is 1.68. The molecule has 2 aromatic carbocycles. The van der Waals surface area contributed by atoms with Crippen LogP contribution >= 0.6 is 0 Å². The molecule has 4 heteroatoms. The van der Waals surface area contributed by atoms with E-state index in [1.165, 1.54) is 0 Å². The zero-order valence-electron chi connectivity index (χ0n) is 15.8. The van der Waals surface area contributed by atoms with Gasteiger partial charge >= 0.3 is 0 Å². The largest absolute Gasteiger partial charge is 0.496 e. The first kappa shape index (κ1) is 16.8. The van der Waals surface area contributed by atoms with E-state index in [9.17, 15) is 0 Å². The van der Waals surface area contributed by atoms with Crippen LogP contribution in [0.5, 0.6) is 5.75 Å². The quantitative estimate of drug-likeness (QED) is 0.734. The molecule has 0 saturated carbocycles. The fourth-order valence-electron chi connectivity index (χ4n) is 4.86. The van der Waals surface area contributed by atoms with Crippen LogP contribution in [0.25, 0.3) is 10.8 Å². The second-order valence-electron chi connectivity index (χ2n) is 8.79. The van der Waals surface area contributed by atoms with Crippen LogP contribution in [0, 0.1) is 10.8 Å². The standard InChI is InChI=1S/C21H26O4/c1-18(2,3)21-19(4,5)13-23-20(21,24-25-21)16-11-14-9-7-8-10-15(14)12-17(16)22-6/h7-12H,13H2,1-6H3. The van der Waals surface area contributed by atoms with Crippen molar-refractivity contribution in [2.75, 3.05) is 13.7 Å². The zero-order valence-corrected chi connectivity index (χ0v) is 15.8. The minimum atomic E-state index is -0.968. The molecule has 4 rings (SSSR count). The molecule has 0 radical (unpaired) electrons. The third kappa shape index (κ3) is 1.88. The van der Waals surface area contributed by atoms with E-state index in [-0.39, 0.29) is 10.8 Å². The lowest BCUT2D eigenvalue weighted by Gasteiger charge is -2.61. The lowest BCUT2D eigenvalue weighted by atomic mass is 9.57. The molecule has 2 aliphatic rings. The summed E-state index contributed by atoms with van der Waals surface area (Å²) in [5, 5.41) is 2.25. The number of rotatable bonds is 2. The third-order valence-corrected chi connectivity index (χ3v) is 5.82. The molecule has 2 heterocycles. The van der Waals surface area contributed by atoms with Crippen molar-refractivity contribution in [1.82, 2.24) is 0 Å². The summed E-state index contributed by atoms with van der Waals surface area (Å²) in [6, 6.07) is 12.4. The Morgan fingerprint density at radius 2 is 1.64 bits per heavy atom. The van der Waals surface area contributed by atoms with Crippen LogP contribution in [0.4, 0.5) is 0 Å². The van der Waals surface area contributed by atoms with Gasteiger partial charge < -0.3 is 9.47 Å². The van der Waals surface area contributed by atoms with Gasteiger partial charge in [0.1, 0.15) is 5.75 Å². The van der Waals surface area contributed by atoms with Crippen LogP contribution in [-0.2, 0) is 20.3 Å². The molecule has 0 N–H and O–H groups in total. The van der Waals surface area contributed by atoms with Gasteiger partial charge in [-0.1, -0.05) is 58.9 Å². The molecule has 2 unspecified atom stereocenters. The molecule has 4 nitrogen and oxygen atoms in total. The van der Waals surface area contributed by atoms with Crippen molar-refractivity contribution in [3.63, 3.8) is 0 Å². The first-order chi connectivity index (χ1) is 11.7. The number of ether oxygens (including phenoxy) is 2. The first-order valence-electron chi connectivity index (χ1n) is 8.77. The molecule has 0 amide bonds. The van der Waals surface area contributed by atoms with Crippen molar-refractivity contribution in [3.8, 4) is 5.75 Å². The van der Waals surface area contributed by atoms with Crippen LogP contribution in [0.15, 0.2) is 36.4 Å². The van der Waals surface area contributed by atoms with Crippen molar-refractivity contribution in [1.29, 1.82) is 0 Å². The van der Waals surface area contributed by atoms with Gasteiger partial charge in [0, 0.05) is 10.8 Å². The average molecular weight is 342 g/mol. The van der Waals surface area contributed by atoms with Crippen molar-refractivity contribution in [2.24, 2.45) is 10.8 Å². The highest BCUT2D eigenvalue weighted by Crippen LogP contribution is 2.70. The van der Waals surface area contributed by atoms with Crippen LogP contribution in [0.2, 0.25) is 0 Å². The number of hydrogen-bond donors (Lipinski definition) is 0. The van der Waals surface area contributed by atoms with Gasteiger partial charge in [-0.05, 0) is 22.9 Å². The molecule has 0 bridgehead atoms. The van der Waals surface area contributed by atoms with E-state index in [2.05, 4.69) is 52.8 Å². The normalized spacial score (nSPS) is 30.8. The Hall–Kier alpha value is -1.62. The minimum absolute atomic E-state index is 0.193. The molecule has 2 fully saturated rings. The molecule has 0 aromatic heterocycles. The maximum Gasteiger partial charge on any atom is 0.265 e. The van der Waals surface area contributed by atoms with Gasteiger partial charge in [-0.25, -0.2) is 4.89 Å². The van der Waals surface area contributed by atoms with Crippen molar-refractivity contribution in [2.45, 2.75) is 46.0 Å². The predicted octanol–water partition coefficient (Wildman–Crippen LogP) is 4.80. The lowest BCUT2D eigenvalue weighted by molar-refractivity contribution is -0.626. The molecule has 134 valence electrons. The highest BCUT2D eigenvalue weighted by atomic mass is 17.3. The highest BCUT2D eigenvalue weighted by molar-refractivity contribution is 5.85. The molecular weight excluding hydrogens is 316 g/mol. The van der Waals surface area contributed by atoms with Crippen molar-refractivity contribution >= 4 is 10.8 Å². The van der Waals surface area contributed by atoms with E-state index >= 15 is 0 Å². The molecule has 2 aromatic rings. The molecular formula is C21H26O4. The summed E-state index contributed by atoms with van der Waals surface area (Å²) in [6.45, 7) is 11.4. The van der Waals surface area contributed by atoms with Crippen LogP contribution in [-0.4, -0.2) is 19.3 Å². The van der Waals surface area contributed by atoms with Gasteiger partial charge in [0.2, 0.25) is 0 Å².